The molecule has 0 unspecified atom stereocenters. The van der Waals surface area contributed by atoms with Crippen LogP contribution in [0.3, 0.4) is 0 Å². The predicted octanol–water partition coefficient (Wildman–Crippen LogP) is 3.52. The van der Waals surface area contributed by atoms with E-state index in [9.17, 15) is 4.79 Å². The smallest absolute Gasteiger partial charge is 0.325 e. The maximum absolute atomic E-state index is 12.0. The Labute approximate surface area is 124 Å². The molecule has 0 spiro atoms. The highest BCUT2D eigenvalue weighted by molar-refractivity contribution is 8.03. The molecule has 0 radical (unpaired) electrons. The second-order valence-electron chi connectivity index (χ2n) is 5.19. The second-order valence-corrected chi connectivity index (χ2v) is 6.23. The van der Waals surface area contributed by atoms with Gasteiger partial charge in [0.1, 0.15) is 13.2 Å². The molecule has 1 aromatic carbocycles. The Bertz CT molecular complexity index is 512. The monoisotopic (exact) mass is 289 g/mol. The van der Waals surface area contributed by atoms with Crippen molar-refractivity contribution in [2.75, 3.05) is 12.4 Å². The predicted molar refractivity (Wildman–Crippen MR) is 80.9 cm³/mol. The molecule has 0 atom stereocenters. The quantitative estimate of drug-likeness (QED) is 0.793. The van der Waals surface area contributed by atoms with Crippen molar-refractivity contribution in [3.05, 3.63) is 46.5 Å². The van der Waals surface area contributed by atoms with Crippen LogP contribution in [0.15, 0.2) is 40.9 Å². The summed E-state index contributed by atoms with van der Waals surface area (Å²) in [5.74, 6) is 0.777. The topological polar surface area (TPSA) is 29.5 Å². The summed E-state index contributed by atoms with van der Waals surface area (Å²) in [6.45, 7) is 0.755. The number of carbonyl (C=O) groups is 1. The van der Waals surface area contributed by atoms with Crippen molar-refractivity contribution in [3.63, 3.8) is 0 Å². The van der Waals surface area contributed by atoms with Gasteiger partial charge >= 0.3 is 5.97 Å². The lowest BCUT2D eigenvalue weighted by molar-refractivity contribution is -0.145. The first kappa shape index (κ1) is 13.6. The minimum atomic E-state index is -0.131. The molecule has 0 bridgehead atoms. The molecular weight excluding hydrogens is 270 g/mol. The Morgan fingerprint density at radius 1 is 1.20 bits per heavy atom. The fourth-order valence-corrected chi connectivity index (χ4v) is 3.91. The molecule has 0 saturated carbocycles. The standard InChI is InChI=1S/C16H19NO2S/c18-16(19-11-13-6-2-1-3-7-13)10-17-12-20-15-9-5-4-8-14(15)17/h1-3,6-7H,4-5,8-12H2. The number of rotatable bonds is 4. The molecule has 106 valence electrons. The van der Waals surface area contributed by atoms with Gasteiger partial charge in [-0.15, -0.1) is 11.8 Å². The van der Waals surface area contributed by atoms with E-state index in [1.807, 2.05) is 42.1 Å². The van der Waals surface area contributed by atoms with Crippen LogP contribution in [-0.2, 0) is 16.1 Å². The summed E-state index contributed by atoms with van der Waals surface area (Å²) in [5, 5.41) is 0. The molecule has 0 fully saturated rings. The third-order valence-electron chi connectivity index (χ3n) is 3.73. The van der Waals surface area contributed by atoms with Gasteiger partial charge in [0.25, 0.3) is 0 Å². The van der Waals surface area contributed by atoms with Crippen molar-refractivity contribution in [1.29, 1.82) is 0 Å². The molecular formula is C16H19NO2S. The zero-order chi connectivity index (χ0) is 13.8. The summed E-state index contributed by atoms with van der Waals surface area (Å²) in [6.07, 6.45) is 4.84. The van der Waals surface area contributed by atoms with E-state index in [1.54, 1.807) is 0 Å². The van der Waals surface area contributed by atoms with Gasteiger partial charge in [-0.1, -0.05) is 30.3 Å². The Morgan fingerprint density at radius 2 is 2.00 bits per heavy atom. The molecule has 0 N–H and O–H groups in total. The summed E-state index contributed by atoms with van der Waals surface area (Å²) in [6, 6.07) is 9.82. The lowest BCUT2D eigenvalue weighted by atomic mass is 10.0. The maximum Gasteiger partial charge on any atom is 0.325 e. The van der Waals surface area contributed by atoms with Gasteiger partial charge in [0.2, 0.25) is 0 Å². The number of hydrogen-bond acceptors (Lipinski definition) is 4. The van der Waals surface area contributed by atoms with Crippen LogP contribution in [-0.4, -0.2) is 23.3 Å². The van der Waals surface area contributed by atoms with Gasteiger partial charge in [0, 0.05) is 10.6 Å². The molecule has 0 aromatic heterocycles. The maximum atomic E-state index is 12.0. The SMILES string of the molecule is O=C(CN1CSC2=C1CCCC2)OCc1ccccc1. The summed E-state index contributed by atoms with van der Waals surface area (Å²) < 4.78 is 5.36. The van der Waals surface area contributed by atoms with Crippen LogP contribution >= 0.6 is 11.8 Å². The fraction of sp³-hybridized carbons (Fsp3) is 0.438. The summed E-state index contributed by atoms with van der Waals surface area (Å²) in [5.41, 5.74) is 2.42. The fourth-order valence-electron chi connectivity index (χ4n) is 2.67. The zero-order valence-corrected chi connectivity index (χ0v) is 12.3. The van der Waals surface area contributed by atoms with Crippen LogP contribution in [0.4, 0.5) is 0 Å². The first-order chi connectivity index (χ1) is 9.83. The normalized spacial score (nSPS) is 18.1. The van der Waals surface area contributed by atoms with E-state index < -0.39 is 0 Å². The van der Waals surface area contributed by atoms with E-state index in [0.29, 0.717) is 13.2 Å². The molecule has 0 saturated heterocycles. The number of ether oxygens (including phenoxy) is 1. The lowest BCUT2D eigenvalue weighted by Gasteiger charge is -2.22. The zero-order valence-electron chi connectivity index (χ0n) is 11.5. The Balaban J connectivity index is 1.51. The largest absolute Gasteiger partial charge is 0.459 e. The third kappa shape index (κ3) is 3.18. The van der Waals surface area contributed by atoms with Gasteiger partial charge in [0.15, 0.2) is 0 Å². The molecule has 1 aliphatic carbocycles. The Kier molecular flexibility index (Phi) is 4.31. The third-order valence-corrected chi connectivity index (χ3v) is 4.96. The Hall–Kier alpha value is -1.42. The number of hydrogen-bond donors (Lipinski definition) is 0. The molecule has 1 aliphatic heterocycles. The van der Waals surface area contributed by atoms with Crippen LogP contribution < -0.4 is 0 Å². The first-order valence-electron chi connectivity index (χ1n) is 7.12. The minimum Gasteiger partial charge on any atom is -0.459 e. The number of thioether (sulfide) groups is 1. The van der Waals surface area contributed by atoms with Gasteiger partial charge in [0.05, 0.1) is 5.88 Å². The summed E-state index contributed by atoms with van der Waals surface area (Å²) >= 11 is 1.89. The molecule has 1 heterocycles. The first-order valence-corrected chi connectivity index (χ1v) is 8.11. The number of nitrogens with zero attached hydrogens (tertiary/aromatic N) is 1. The second kappa shape index (κ2) is 6.35. The van der Waals surface area contributed by atoms with Gasteiger partial charge in [-0.3, -0.25) is 4.79 Å². The number of carbonyl (C=O) groups excluding carboxylic acids is 1. The molecule has 1 aromatic rings. The van der Waals surface area contributed by atoms with E-state index in [1.165, 1.54) is 29.9 Å². The molecule has 2 aliphatic rings. The molecule has 3 rings (SSSR count). The van der Waals surface area contributed by atoms with Crippen LogP contribution in [0.5, 0.6) is 0 Å². The van der Waals surface area contributed by atoms with E-state index in [4.69, 9.17) is 4.74 Å². The van der Waals surface area contributed by atoms with Crippen LogP contribution in [0.2, 0.25) is 0 Å². The van der Waals surface area contributed by atoms with E-state index in [2.05, 4.69) is 4.90 Å². The van der Waals surface area contributed by atoms with Gasteiger partial charge < -0.3 is 9.64 Å². The average Bonchev–Trinajstić information content (AvgIpc) is 2.90. The van der Waals surface area contributed by atoms with Crippen molar-refractivity contribution in [2.24, 2.45) is 0 Å². The van der Waals surface area contributed by atoms with Crippen molar-refractivity contribution < 1.29 is 9.53 Å². The number of allylic oxidation sites excluding steroid dienone is 2. The lowest BCUT2D eigenvalue weighted by Crippen LogP contribution is -2.28. The highest BCUT2D eigenvalue weighted by Gasteiger charge is 2.26. The number of esters is 1. The molecule has 3 nitrogen and oxygen atoms in total. The summed E-state index contributed by atoms with van der Waals surface area (Å²) in [7, 11) is 0. The van der Waals surface area contributed by atoms with E-state index in [0.717, 1.165) is 17.9 Å². The van der Waals surface area contributed by atoms with Crippen LogP contribution in [0.25, 0.3) is 0 Å². The summed E-state index contributed by atoms with van der Waals surface area (Å²) in [4.78, 5) is 15.6. The van der Waals surface area contributed by atoms with Crippen LogP contribution in [0.1, 0.15) is 31.2 Å². The molecule has 4 heteroatoms. The van der Waals surface area contributed by atoms with Crippen molar-refractivity contribution >= 4 is 17.7 Å². The Morgan fingerprint density at radius 3 is 2.85 bits per heavy atom. The van der Waals surface area contributed by atoms with Crippen molar-refractivity contribution in [3.8, 4) is 0 Å². The minimum absolute atomic E-state index is 0.131. The molecule has 0 amide bonds. The van der Waals surface area contributed by atoms with E-state index >= 15 is 0 Å². The van der Waals surface area contributed by atoms with Gasteiger partial charge in [-0.25, -0.2) is 0 Å². The van der Waals surface area contributed by atoms with Crippen LogP contribution in [0, 0.1) is 0 Å². The van der Waals surface area contributed by atoms with Gasteiger partial charge in [-0.2, -0.15) is 0 Å². The highest BCUT2D eigenvalue weighted by Crippen LogP contribution is 2.40. The van der Waals surface area contributed by atoms with E-state index in [-0.39, 0.29) is 5.97 Å². The van der Waals surface area contributed by atoms with Gasteiger partial charge in [-0.05, 0) is 31.2 Å². The highest BCUT2D eigenvalue weighted by atomic mass is 32.2. The van der Waals surface area contributed by atoms with Crippen molar-refractivity contribution in [1.82, 2.24) is 4.90 Å². The number of benzene rings is 1. The average molecular weight is 289 g/mol. The van der Waals surface area contributed by atoms with Crippen molar-refractivity contribution in [2.45, 2.75) is 32.3 Å². The molecule has 20 heavy (non-hydrogen) atoms.